The van der Waals surface area contributed by atoms with Gasteiger partial charge in [-0.05, 0) is 38.6 Å². The van der Waals surface area contributed by atoms with E-state index in [9.17, 15) is 9.90 Å². The lowest BCUT2D eigenvalue weighted by Gasteiger charge is -2.46. The van der Waals surface area contributed by atoms with Gasteiger partial charge in [0.25, 0.3) is 0 Å². The molecule has 0 aliphatic carbocycles. The molecule has 0 unspecified atom stereocenters. The SMILES string of the molecule is CN(C)C1(c2ccccc2)CCN(Cc2ccccc2O[C@@H]2CN[C@H](C(=O)O)C2)CC1. The van der Waals surface area contributed by atoms with Crippen LogP contribution in [0.2, 0.25) is 0 Å². The Hall–Kier alpha value is -2.41. The van der Waals surface area contributed by atoms with E-state index in [2.05, 4.69) is 65.6 Å². The van der Waals surface area contributed by atoms with Crippen molar-refractivity contribution in [2.75, 3.05) is 33.7 Å². The minimum Gasteiger partial charge on any atom is -0.489 e. The van der Waals surface area contributed by atoms with Crippen LogP contribution < -0.4 is 10.1 Å². The minimum absolute atomic E-state index is 0.0785. The molecule has 0 radical (unpaired) electrons. The lowest BCUT2D eigenvalue weighted by Crippen LogP contribution is -2.50. The van der Waals surface area contributed by atoms with Crippen molar-refractivity contribution in [3.8, 4) is 5.75 Å². The lowest BCUT2D eigenvalue weighted by atomic mass is 9.79. The van der Waals surface area contributed by atoms with Gasteiger partial charge in [0.15, 0.2) is 0 Å². The molecule has 2 saturated heterocycles. The molecule has 0 aromatic heterocycles. The number of likely N-dealkylation sites (tertiary alicyclic amines) is 1. The Morgan fingerprint density at radius 2 is 1.81 bits per heavy atom. The van der Waals surface area contributed by atoms with E-state index in [1.54, 1.807) is 0 Å². The van der Waals surface area contributed by atoms with Crippen LogP contribution in [0, 0.1) is 0 Å². The van der Waals surface area contributed by atoms with E-state index in [4.69, 9.17) is 4.74 Å². The fourth-order valence-electron chi connectivity index (χ4n) is 4.97. The zero-order valence-electron chi connectivity index (χ0n) is 18.5. The molecule has 2 heterocycles. The summed E-state index contributed by atoms with van der Waals surface area (Å²) in [6, 6.07) is 18.5. The van der Waals surface area contributed by atoms with Gasteiger partial charge < -0.3 is 15.2 Å². The van der Waals surface area contributed by atoms with E-state index in [0.29, 0.717) is 13.0 Å². The van der Waals surface area contributed by atoms with Crippen LogP contribution in [0.25, 0.3) is 0 Å². The van der Waals surface area contributed by atoms with Gasteiger partial charge in [0.1, 0.15) is 17.9 Å². The van der Waals surface area contributed by atoms with Crippen LogP contribution in [0.5, 0.6) is 5.75 Å². The number of hydrogen-bond donors (Lipinski definition) is 2. The van der Waals surface area contributed by atoms with Crippen LogP contribution in [-0.4, -0.2) is 66.8 Å². The first-order valence-corrected chi connectivity index (χ1v) is 11.1. The van der Waals surface area contributed by atoms with Crippen molar-refractivity contribution in [1.29, 1.82) is 0 Å². The second-order valence-corrected chi connectivity index (χ2v) is 8.95. The fourth-order valence-corrected chi connectivity index (χ4v) is 4.97. The number of nitrogens with zero attached hydrogens (tertiary/aromatic N) is 2. The maximum Gasteiger partial charge on any atom is 0.320 e. The van der Waals surface area contributed by atoms with E-state index < -0.39 is 12.0 Å². The van der Waals surface area contributed by atoms with Gasteiger partial charge in [0.05, 0.1) is 0 Å². The quantitative estimate of drug-likeness (QED) is 0.714. The monoisotopic (exact) mass is 423 g/mol. The molecular formula is C25H33N3O3. The van der Waals surface area contributed by atoms with Crippen molar-refractivity contribution in [3.05, 3.63) is 65.7 Å². The third kappa shape index (κ3) is 4.76. The summed E-state index contributed by atoms with van der Waals surface area (Å²) in [5.74, 6) is 0.0586. The highest BCUT2D eigenvalue weighted by atomic mass is 16.5. The summed E-state index contributed by atoms with van der Waals surface area (Å²) in [6.45, 7) is 3.45. The maximum atomic E-state index is 11.2. The van der Waals surface area contributed by atoms with E-state index >= 15 is 0 Å². The Balaban J connectivity index is 1.41. The number of rotatable bonds is 7. The first-order valence-electron chi connectivity index (χ1n) is 11.1. The van der Waals surface area contributed by atoms with Gasteiger partial charge in [0, 0.05) is 43.7 Å². The van der Waals surface area contributed by atoms with Crippen molar-refractivity contribution in [2.24, 2.45) is 0 Å². The van der Waals surface area contributed by atoms with Crippen molar-refractivity contribution < 1.29 is 14.6 Å². The number of ether oxygens (including phenoxy) is 1. The van der Waals surface area contributed by atoms with E-state index in [1.807, 2.05) is 18.2 Å². The average molecular weight is 424 g/mol. The van der Waals surface area contributed by atoms with Gasteiger partial charge in [-0.15, -0.1) is 0 Å². The summed E-state index contributed by atoms with van der Waals surface area (Å²) in [4.78, 5) is 16.1. The Morgan fingerprint density at radius 3 is 2.45 bits per heavy atom. The van der Waals surface area contributed by atoms with E-state index in [-0.39, 0.29) is 11.6 Å². The summed E-state index contributed by atoms with van der Waals surface area (Å²) in [7, 11) is 4.37. The third-order valence-electron chi connectivity index (χ3n) is 6.90. The van der Waals surface area contributed by atoms with Crippen LogP contribution in [0.4, 0.5) is 0 Å². The largest absolute Gasteiger partial charge is 0.489 e. The summed E-state index contributed by atoms with van der Waals surface area (Å²) < 4.78 is 6.22. The van der Waals surface area contributed by atoms with Crippen molar-refractivity contribution >= 4 is 5.97 Å². The number of carboxylic acids is 1. The van der Waals surface area contributed by atoms with Crippen LogP contribution in [-0.2, 0) is 16.9 Å². The Kier molecular flexibility index (Phi) is 6.60. The van der Waals surface area contributed by atoms with Crippen LogP contribution >= 0.6 is 0 Å². The maximum absolute atomic E-state index is 11.2. The topological polar surface area (TPSA) is 65.0 Å². The second-order valence-electron chi connectivity index (χ2n) is 8.95. The van der Waals surface area contributed by atoms with Gasteiger partial charge in [-0.25, -0.2) is 0 Å². The first-order chi connectivity index (χ1) is 15.0. The molecule has 2 aromatic carbocycles. The van der Waals surface area contributed by atoms with E-state index in [1.165, 1.54) is 11.1 Å². The molecule has 0 saturated carbocycles. The van der Waals surface area contributed by atoms with E-state index in [0.717, 1.165) is 38.2 Å². The summed E-state index contributed by atoms with van der Waals surface area (Å²) in [5.41, 5.74) is 2.64. The third-order valence-corrected chi connectivity index (χ3v) is 6.90. The Morgan fingerprint density at radius 1 is 1.13 bits per heavy atom. The predicted molar refractivity (Wildman–Crippen MR) is 121 cm³/mol. The molecule has 2 aromatic rings. The smallest absolute Gasteiger partial charge is 0.320 e. The summed E-state index contributed by atoms with van der Waals surface area (Å²) in [6.07, 6.45) is 2.55. The van der Waals surface area contributed by atoms with Crippen LogP contribution in [0.1, 0.15) is 30.4 Å². The van der Waals surface area contributed by atoms with Crippen molar-refractivity contribution in [1.82, 2.24) is 15.1 Å². The molecule has 166 valence electrons. The molecule has 4 rings (SSSR count). The van der Waals surface area contributed by atoms with Crippen LogP contribution in [0.3, 0.4) is 0 Å². The second kappa shape index (κ2) is 9.39. The molecule has 2 aliphatic heterocycles. The number of nitrogens with one attached hydrogen (secondary N) is 1. The Labute approximate surface area is 184 Å². The number of aliphatic carboxylic acids is 1. The zero-order valence-corrected chi connectivity index (χ0v) is 18.5. The van der Waals surface area contributed by atoms with Crippen molar-refractivity contribution in [3.63, 3.8) is 0 Å². The highest BCUT2D eigenvalue weighted by Crippen LogP contribution is 2.38. The summed E-state index contributed by atoms with van der Waals surface area (Å²) in [5, 5.41) is 12.2. The van der Waals surface area contributed by atoms with Crippen molar-refractivity contribution in [2.45, 2.75) is 43.5 Å². The molecule has 2 atom stereocenters. The molecule has 2 N–H and O–H groups in total. The van der Waals surface area contributed by atoms with Gasteiger partial charge >= 0.3 is 5.97 Å². The first kappa shape index (κ1) is 21.8. The number of benzene rings is 2. The molecule has 31 heavy (non-hydrogen) atoms. The van der Waals surface area contributed by atoms with Gasteiger partial charge in [-0.1, -0.05) is 48.5 Å². The molecule has 6 heteroatoms. The lowest BCUT2D eigenvalue weighted by molar-refractivity contribution is -0.139. The standard InChI is InChI=1S/C25H33N3O3/c1-27(2)25(20-9-4-3-5-10-20)12-14-28(15-13-25)18-19-8-6-7-11-23(19)31-21-16-22(24(29)30)26-17-21/h3-11,21-22,26H,12-18H2,1-2H3,(H,29,30)/t21-,22-/m0/s1. The highest BCUT2D eigenvalue weighted by molar-refractivity contribution is 5.73. The predicted octanol–water partition coefficient (Wildman–Crippen LogP) is 2.93. The number of para-hydroxylation sites is 1. The number of piperidine rings is 1. The van der Waals surface area contributed by atoms with Gasteiger partial charge in [0.2, 0.25) is 0 Å². The number of carbonyl (C=O) groups is 1. The molecule has 2 fully saturated rings. The molecule has 6 nitrogen and oxygen atoms in total. The number of hydrogen-bond acceptors (Lipinski definition) is 5. The highest BCUT2D eigenvalue weighted by Gasteiger charge is 2.38. The fraction of sp³-hybridized carbons (Fsp3) is 0.480. The molecule has 0 bridgehead atoms. The van der Waals surface area contributed by atoms with Gasteiger partial charge in [-0.2, -0.15) is 0 Å². The average Bonchev–Trinajstić information content (AvgIpc) is 3.25. The molecule has 0 spiro atoms. The number of carboxylic acid groups (broad SMARTS) is 1. The normalized spacial score (nSPS) is 23.7. The molecular weight excluding hydrogens is 390 g/mol. The minimum atomic E-state index is -0.810. The van der Waals surface area contributed by atoms with Crippen LogP contribution in [0.15, 0.2) is 54.6 Å². The Bertz CT molecular complexity index is 879. The summed E-state index contributed by atoms with van der Waals surface area (Å²) >= 11 is 0. The van der Waals surface area contributed by atoms with Gasteiger partial charge in [-0.3, -0.25) is 14.6 Å². The molecule has 0 amide bonds. The zero-order chi connectivity index (χ0) is 21.8. The molecule has 2 aliphatic rings.